The van der Waals surface area contributed by atoms with Crippen molar-refractivity contribution in [3.05, 3.63) is 29.8 Å². The van der Waals surface area contributed by atoms with E-state index >= 15 is 0 Å². The third kappa shape index (κ3) is 4.24. The average Bonchev–Trinajstić information content (AvgIpc) is 2.54. The Labute approximate surface area is 139 Å². The molecule has 2 atom stereocenters. The van der Waals surface area contributed by atoms with Crippen LogP contribution < -0.4 is 15.8 Å². The van der Waals surface area contributed by atoms with Crippen LogP contribution in [0.4, 0.5) is 0 Å². The molecule has 1 aliphatic rings. The van der Waals surface area contributed by atoms with Gasteiger partial charge in [-0.3, -0.25) is 9.69 Å². The van der Waals surface area contributed by atoms with Crippen molar-refractivity contribution >= 4 is 5.91 Å². The van der Waals surface area contributed by atoms with Crippen molar-refractivity contribution in [2.75, 3.05) is 20.2 Å². The molecule has 1 heterocycles. The molecule has 1 aliphatic heterocycles. The summed E-state index contributed by atoms with van der Waals surface area (Å²) in [6, 6.07) is 7.78. The topological polar surface area (TPSA) is 67.6 Å². The summed E-state index contributed by atoms with van der Waals surface area (Å²) in [6.45, 7) is 8.49. The Morgan fingerprint density at radius 2 is 2.17 bits per heavy atom. The molecule has 0 aliphatic carbocycles. The molecule has 1 aromatic carbocycles. The van der Waals surface area contributed by atoms with E-state index in [9.17, 15) is 4.79 Å². The minimum atomic E-state index is -0.156. The Kier molecular flexibility index (Phi) is 5.65. The van der Waals surface area contributed by atoms with Crippen LogP contribution in [0.15, 0.2) is 24.3 Å². The molecular formula is C18H29N3O2. The first-order chi connectivity index (χ1) is 10.8. The number of para-hydroxylation sites is 1. The van der Waals surface area contributed by atoms with E-state index in [-0.39, 0.29) is 23.4 Å². The van der Waals surface area contributed by atoms with E-state index in [2.05, 4.69) is 24.1 Å². The SMILES string of the molecule is COc1ccccc1CNC(=O)C(C)N1CCC(N)C(C)(C)C1. The van der Waals surface area contributed by atoms with Gasteiger partial charge in [-0.25, -0.2) is 0 Å². The summed E-state index contributed by atoms with van der Waals surface area (Å²) < 4.78 is 5.32. The van der Waals surface area contributed by atoms with Crippen molar-refractivity contribution < 1.29 is 9.53 Å². The highest BCUT2D eigenvalue weighted by Crippen LogP contribution is 2.28. The summed E-state index contributed by atoms with van der Waals surface area (Å²) in [4.78, 5) is 14.7. The monoisotopic (exact) mass is 319 g/mol. The van der Waals surface area contributed by atoms with E-state index in [1.165, 1.54) is 0 Å². The second-order valence-electron chi connectivity index (χ2n) is 7.06. The zero-order valence-corrected chi connectivity index (χ0v) is 14.6. The number of nitrogens with two attached hydrogens (primary N) is 1. The number of ether oxygens (including phenoxy) is 1. The summed E-state index contributed by atoms with van der Waals surface area (Å²) in [5.41, 5.74) is 7.20. The molecule has 2 rings (SSSR count). The van der Waals surface area contributed by atoms with Crippen LogP contribution in [0.25, 0.3) is 0 Å². The largest absolute Gasteiger partial charge is 0.496 e. The van der Waals surface area contributed by atoms with Gasteiger partial charge in [-0.1, -0.05) is 32.0 Å². The second kappa shape index (κ2) is 7.32. The fraction of sp³-hybridized carbons (Fsp3) is 0.611. The van der Waals surface area contributed by atoms with Crippen molar-refractivity contribution in [2.24, 2.45) is 11.1 Å². The van der Waals surface area contributed by atoms with E-state index in [0.29, 0.717) is 6.54 Å². The second-order valence-corrected chi connectivity index (χ2v) is 7.06. The maximum atomic E-state index is 12.5. The minimum Gasteiger partial charge on any atom is -0.496 e. The predicted octanol–water partition coefficient (Wildman–Crippen LogP) is 1.76. The number of nitrogens with zero attached hydrogens (tertiary/aromatic N) is 1. The summed E-state index contributed by atoms with van der Waals surface area (Å²) >= 11 is 0. The molecule has 5 nitrogen and oxygen atoms in total. The first kappa shape index (κ1) is 17.8. The van der Waals surface area contributed by atoms with Crippen LogP contribution in [0.5, 0.6) is 5.75 Å². The highest BCUT2D eigenvalue weighted by atomic mass is 16.5. The molecule has 23 heavy (non-hydrogen) atoms. The number of hydrogen-bond acceptors (Lipinski definition) is 4. The van der Waals surface area contributed by atoms with Gasteiger partial charge >= 0.3 is 0 Å². The predicted molar refractivity (Wildman–Crippen MR) is 92.2 cm³/mol. The third-order valence-corrected chi connectivity index (χ3v) is 4.91. The Morgan fingerprint density at radius 1 is 1.48 bits per heavy atom. The van der Waals surface area contributed by atoms with Gasteiger partial charge in [0.1, 0.15) is 5.75 Å². The number of carbonyl (C=O) groups excluding carboxylic acids is 1. The van der Waals surface area contributed by atoms with E-state index < -0.39 is 0 Å². The molecule has 128 valence electrons. The molecule has 3 N–H and O–H groups in total. The standard InChI is InChI=1S/C18H29N3O2/c1-13(21-10-9-16(19)18(2,3)12-21)17(22)20-11-14-7-5-6-8-15(14)23-4/h5-8,13,16H,9-12,19H2,1-4H3,(H,20,22). The fourth-order valence-corrected chi connectivity index (χ4v) is 3.09. The normalized spacial score (nSPS) is 22.4. The number of benzene rings is 1. The Bertz CT molecular complexity index is 545. The van der Waals surface area contributed by atoms with Crippen LogP contribution in [0.3, 0.4) is 0 Å². The van der Waals surface area contributed by atoms with Crippen molar-refractivity contribution in [2.45, 2.75) is 45.8 Å². The highest BCUT2D eigenvalue weighted by Gasteiger charge is 2.36. The van der Waals surface area contributed by atoms with Crippen LogP contribution in [0.2, 0.25) is 0 Å². The average molecular weight is 319 g/mol. The molecule has 0 bridgehead atoms. The lowest BCUT2D eigenvalue weighted by Crippen LogP contribution is -2.57. The number of nitrogens with one attached hydrogen (secondary N) is 1. The quantitative estimate of drug-likeness (QED) is 0.868. The fourth-order valence-electron chi connectivity index (χ4n) is 3.09. The van der Waals surface area contributed by atoms with Gasteiger partial charge in [0.15, 0.2) is 0 Å². The molecule has 1 saturated heterocycles. The van der Waals surface area contributed by atoms with E-state index in [1.54, 1.807) is 7.11 Å². The maximum Gasteiger partial charge on any atom is 0.237 e. The Balaban J connectivity index is 1.93. The molecule has 1 aromatic rings. The van der Waals surface area contributed by atoms with Gasteiger partial charge in [0.05, 0.1) is 13.2 Å². The van der Waals surface area contributed by atoms with Gasteiger partial charge in [-0.2, -0.15) is 0 Å². The number of piperidine rings is 1. The zero-order chi connectivity index (χ0) is 17.0. The van der Waals surface area contributed by atoms with Crippen LogP contribution in [0, 0.1) is 5.41 Å². The maximum absolute atomic E-state index is 12.5. The van der Waals surface area contributed by atoms with Crippen molar-refractivity contribution in [3.63, 3.8) is 0 Å². The lowest BCUT2D eigenvalue weighted by molar-refractivity contribution is -0.127. The number of methoxy groups -OCH3 is 1. The first-order valence-corrected chi connectivity index (χ1v) is 8.24. The number of rotatable bonds is 5. The molecule has 0 saturated carbocycles. The molecule has 0 radical (unpaired) electrons. The molecule has 1 fully saturated rings. The van der Waals surface area contributed by atoms with Gasteiger partial charge in [-0.15, -0.1) is 0 Å². The molecule has 0 spiro atoms. The molecule has 5 heteroatoms. The number of likely N-dealkylation sites (tertiary alicyclic amines) is 1. The summed E-state index contributed by atoms with van der Waals surface area (Å²) in [7, 11) is 1.64. The molecule has 1 amide bonds. The molecule has 0 aromatic heterocycles. The lowest BCUT2D eigenvalue weighted by Gasteiger charge is -2.44. The Hall–Kier alpha value is -1.59. The van der Waals surface area contributed by atoms with E-state index in [4.69, 9.17) is 10.5 Å². The Morgan fingerprint density at radius 3 is 2.83 bits per heavy atom. The van der Waals surface area contributed by atoms with Gasteiger partial charge in [0.2, 0.25) is 5.91 Å². The van der Waals surface area contributed by atoms with E-state index in [0.717, 1.165) is 30.8 Å². The van der Waals surface area contributed by atoms with Crippen molar-refractivity contribution in [1.29, 1.82) is 0 Å². The van der Waals surface area contributed by atoms with Crippen molar-refractivity contribution in [3.8, 4) is 5.75 Å². The minimum absolute atomic E-state index is 0.0371. The lowest BCUT2D eigenvalue weighted by atomic mass is 9.79. The van der Waals surface area contributed by atoms with Crippen LogP contribution in [-0.2, 0) is 11.3 Å². The summed E-state index contributed by atoms with van der Waals surface area (Å²) in [6.07, 6.45) is 0.928. The van der Waals surface area contributed by atoms with Crippen LogP contribution in [-0.4, -0.2) is 43.1 Å². The van der Waals surface area contributed by atoms with Gasteiger partial charge in [0.25, 0.3) is 0 Å². The van der Waals surface area contributed by atoms with Crippen molar-refractivity contribution in [1.82, 2.24) is 10.2 Å². The van der Waals surface area contributed by atoms with Gasteiger partial charge in [0, 0.05) is 31.2 Å². The summed E-state index contributed by atoms with van der Waals surface area (Å²) in [5.74, 6) is 0.840. The smallest absolute Gasteiger partial charge is 0.237 e. The van der Waals surface area contributed by atoms with Gasteiger partial charge in [-0.05, 0) is 24.8 Å². The molecule has 2 unspecified atom stereocenters. The zero-order valence-electron chi connectivity index (χ0n) is 14.6. The van der Waals surface area contributed by atoms with Crippen LogP contribution >= 0.6 is 0 Å². The van der Waals surface area contributed by atoms with E-state index in [1.807, 2.05) is 31.2 Å². The van der Waals surface area contributed by atoms with Crippen LogP contribution in [0.1, 0.15) is 32.8 Å². The number of amides is 1. The highest BCUT2D eigenvalue weighted by molar-refractivity contribution is 5.81. The van der Waals surface area contributed by atoms with Gasteiger partial charge < -0.3 is 15.8 Å². The molecular weight excluding hydrogens is 290 g/mol. The number of hydrogen-bond donors (Lipinski definition) is 2. The third-order valence-electron chi connectivity index (χ3n) is 4.91. The summed E-state index contributed by atoms with van der Waals surface area (Å²) in [5, 5.41) is 3.02. The first-order valence-electron chi connectivity index (χ1n) is 8.24. The number of carbonyl (C=O) groups is 1.